The summed E-state index contributed by atoms with van der Waals surface area (Å²) in [4.78, 5) is 26.4. The molecule has 0 aromatic heterocycles. The third-order valence-electron chi connectivity index (χ3n) is 5.35. The summed E-state index contributed by atoms with van der Waals surface area (Å²) in [5.74, 6) is 0.200. The number of likely N-dealkylation sites (N-methyl/N-ethyl adjacent to an activating group) is 1. The minimum absolute atomic E-state index is 0.0460. The van der Waals surface area contributed by atoms with Crippen LogP contribution >= 0.6 is 0 Å². The molecule has 0 heterocycles. The number of methoxy groups -OCH3 is 1. The molecule has 0 aliphatic heterocycles. The summed E-state index contributed by atoms with van der Waals surface area (Å²) >= 11 is 0. The molecular weight excluding hydrogens is 354 g/mol. The number of amides is 1. The molecule has 0 spiro atoms. The van der Waals surface area contributed by atoms with Gasteiger partial charge in [0.05, 0.1) is 13.2 Å². The zero-order valence-corrected chi connectivity index (χ0v) is 16.5. The Bertz CT molecular complexity index is 833. The lowest BCUT2D eigenvalue weighted by molar-refractivity contribution is -0.152. The van der Waals surface area contributed by atoms with Crippen LogP contribution in [0, 0.1) is 0 Å². The molecule has 148 valence electrons. The van der Waals surface area contributed by atoms with Crippen molar-refractivity contribution in [2.24, 2.45) is 0 Å². The Kier molecular flexibility index (Phi) is 6.69. The van der Waals surface area contributed by atoms with Crippen LogP contribution in [0.1, 0.15) is 42.0 Å². The van der Waals surface area contributed by atoms with Gasteiger partial charge in [-0.1, -0.05) is 42.5 Å². The van der Waals surface area contributed by atoms with E-state index in [0.717, 1.165) is 30.6 Å². The van der Waals surface area contributed by atoms with E-state index in [9.17, 15) is 9.59 Å². The largest absolute Gasteiger partial charge is 0.496 e. The average Bonchev–Trinajstić information content (AvgIpc) is 2.75. The average molecular weight is 381 g/mol. The van der Waals surface area contributed by atoms with Crippen molar-refractivity contribution in [3.63, 3.8) is 0 Å². The van der Waals surface area contributed by atoms with Crippen LogP contribution in [0.15, 0.2) is 48.5 Å². The first-order valence-electron chi connectivity index (χ1n) is 9.71. The van der Waals surface area contributed by atoms with Gasteiger partial charge in [0.25, 0.3) is 5.91 Å². The van der Waals surface area contributed by atoms with E-state index < -0.39 is 0 Å². The smallest absolute Gasteiger partial charge is 0.306 e. The fraction of sp³-hybridized carbons (Fsp3) is 0.391. The first kappa shape index (κ1) is 19.9. The van der Waals surface area contributed by atoms with Gasteiger partial charge >= 0.3 is 5.97 Å². The number of hydrogen-bond acceptors (Lipinski definition) is 4. The number of hydrogen-bond donors (Lipinski definition) is 0. The standard InChI is InChI=1S/C23H27NO4/c1-24(20-12-7-10-17-8-3-5-11-19(17)20)22(25)16-28-23(26)15-14-18-9-4-6-13-21(18)27-2/h3-6,8-9,11,13,20H,7,10,12,14-16H2,1-2H3. The normalized spacial score (nSPS) is 15.4. The molecule has 1 unspecified atom stereocenters. The molecule has 1 aliphatic carbocycles. The summed E-state index contributed by atoms with van der Waals surface area (Å²) in [6, 6.07) is 15.9. The Labute approximate surface area is 166 Å². The number of carbonyl (C=O) groups excluding carboxylic acids is 2. The van der Waals surface area contributed by atoms with Gasteiger partial charge in [0.2, 0.25) is 0 Å². The van der Waals surface area contributed by atoms with Crippen LogP contribution in [0.25, 0.3) is 0 Å². The van der Waals surface area contributed by atoms with Crippen LogP contribution in [0.3, 0.4) is 0 Å². The summed E-state index contributed by atoms with van der Waals surface area (Å²) in [5.41, 5.74) is 3.45. The summed E-state index contributed by atoms with van der Waals surface area (Å²) in [7, 11) is 3.40. The molecule has 0 N–H and O–H groups in total. The van der Waals surface area contributed by atoms with E-state index >= 15 is 0 Å². The molecule has 3 rings (SSSR count). The molecule has 0 saturated carbocycles. The van der Waals surface area contributed by atoms with Crippen molar-refractivity contribution in [3.8, 4) is 5.75 Å². The van der Waals surface area contributed by atoms with Crippen molar-refractivity contribution in [3.05, 3.63) is 65.2 Å². The third-order valence-corrected chi connectivity index (χ3v) is 5.35. The molecule has 0 fully saturated rings. The quantitative estimate of drug-likeness (QED) is 0.686. The van der Waals surface area contributed by atoms with Crippen LogP contribution in [0.5, 0.6) is 5.75 Å². The molecule has 5 heteroatoms. The SMILES string of the molecule is COc1ccccc1CCC(=O)OCC(=O)N(C)C1CCCc2ccccc21. The molecule has 0 radical (unpaired) electrons. The Hall–Kier alpha value is -2.82. The summed E-state index contributed by atoms with van der Waals surface area (Å²) in [5, 5.41) is 0. The second-order valence-corrected chi connectivity index (χ2v) is 7.08. The van der Waals surface area contributed by atoms with Crippen LogP contribution in [-0.4, -0.2) is 37.5 Å². The van der Waals surface area contributed by atoms with E-state index in [0.29, 0.717) is 6.42 Å². The maximum Gasteiger partial charge on any atom is 0.306 e. The van der Waals surface area contributed by atoms with Gasteiger partial charge in [-0.2, -0.15) is 0 Å². The van der Waals surface area contributed by atoms with Crippen molar-refractivity contribution in [1.29, 1.82) is 0 Å². The molecule has 0 bridgehead atoms. The molecule has 1 amide bonds. The van der Waals surface area contributed by atoms with Gasteiger partial charge in [-0.15, -0.1) is 0 Å². The number of carbonyl (C=O) groups is 2. The first-order chi connectivity index (χ1) is 13.6. The Morgan fingerprint density at radius 1 is 1.11 bits per heavy atom. The molecule has 1 atom stereocenters. The van der Waals surface area contributed by atoms with Crippen molar-refractivity contribution in [2.45, 2.75) is 38.1 Å². The van der Waals surface area contributed by atoms with Crippen molar-refractivity contribution in [2.75, 3.05) is 20.8 Å². The number of esters is 1. The Morgan fingerprint density at radius 2 is 1.86 bits per heavy atom. The van der Waals surface area contributed by atoms with E-state index in [4.69, 9.17) is 9.47 Å². The number of ether oxygens (including phenoxy) is 2. The highest BCUT2D eigenvalue weighted by atomic mass is 16.5. The fourth-order valence-electron chi connectivity index (χ4n) is 3.77. The molecule has 5 nitrogen and oxygen atoms in total. The second-order valence-electron chi connectivity index (χ2n) is 7.08. The minimum Gasteiger partial charge on any atom is -0.496 e. The monoisotopic (exact) mass is 381 g/mol. The zero-order valence-electron chi connectivity index (χ0n) is 16.5. The number of nitrogens with zero attached hydrogens (tertiary/aromatic N) is 1. The van der Waals surface area contributed by atoms with Gasteiger partial charge in [-0.25, -0.2) is 0 Å². The van der Waals surface area contributed by atoms with E-state index in [2.05, 4.69) is 12.1 Å². The summed E-state index contributed by atoms with van der Waals surface area (Å²) in [6.07, 6.45) is 3.76. The van der Waals surface area contributed by atoms with Crippen LogP contribution in [0.4, 0.5) is 0 Å². The van der Waals surface area contributed by atoms with Crippen molar-refractivity contribution >= 4 is 11.9 Å². The van der Waals surface area contributed by atoms with Gasteiger partial charge in [-0.05, 0) is 48.4 Å². The molecule has 2 aromatic rings. The highest BCUT2D eigenvalue weighted by molar-refractivity contribution is 5.81. The highest BCUT2D eigenvalue weighted by Crippen LogP contribution is 2.33. The topological polar surface area (TPSA) is 55.8 Å². The Morgan fingerprint density at radius 3 is 2.68 bits per heavy atom. The van der Waals surface area contributed by atoms with E-state index in [1.807, 2.05) is 36.4 Å². The lowest BCUT2D eigenvalue weighted by atomic mass is 9.87. The lowest BCUT2D eigenvalue weighted by Gasteiger charge is -2.33. The minimum atomic E-state index is -0.378. The van der Waals surface area contributed by atoms with Gasteiger partial charge in [0.1, 0.15) is 5.75 Å². The van der Waals surface area contributed by atoms with Gasteiger partial charge in [0, 0.05) is 13.5 Å². The predicted octanol–water partition coefficient (Wildman–Crippen LogP) is 3.71. The van der Waals surface area contributed by atoms with E-state index in [1.54, 1.807) is 19.1 Å². The van der Waals surface area contributed by atoms with E-state index in [-0.39, 0.29) is 30.9 Å². The third kappa shape index (κ3) is 4.71. The first-order valence-corrected chi connectivity index (χ1v) is 9.71. The van der Waals surface area contributed by atoms with Crippen molar-refractivity contribution < 1.29 is 19.1 Å². The molecule has 0 saturated heterocycles. The summed E-state index contributed by atoms with van der Waals surface area (Å²) < 4.78 is 10.5. The zero-order chi connectivity index (χ0) is 19.9. The maximum atomic E-state index is 12.6. The predicted molar refractivity (Wildman–Crippen MR) is 107 cm³/mol. The van der Waals surface area contributed by atoms with Crippen LogP contribution < -0.4 is 4.74 Å². The van der Waals surface area contributed by atoms with Gasteiger partial charge in [-0.3, -0.25) is 9.59 Å². The number of rotatable bonds is 7. The molecular formula is C23H27NO4. The van der Waals surface area contributed by atoms with Crippen molar-refractivity contribution in [1.82, 2.24) is 4.90 Å². The number of aryl methyl sites for hydroxylation is 2. The lowest BCUT2D eigenvalue weighted by Crippen LogP contribution is -2.36. The second kappa shape index (κ2) is 9.40. The Balaban J connectivity index is 1.50. The number of benzene rings is 2. The highest BCUT2D eigenvalue weighted by Gasteiger charge is 2.26. The maximum absolute atomic E-state index is 12.6. The summed E-state index contributed by atoms with van der Waals surface area (Å²) in [6.45, 7) is -0.222. The van der Waals surface area contributed by atoms with Gasteiger partial charge < -0.3 is 14.4 Å². The van der Waals surface area contributed by atoms with Gasteiger partial charge in [0.15, 0.2) is 6.61 Å². The number of fused-ring (bicyclic) bond motifs is 1. The molecule has 2 aromatic carbocycles. The molecule has 28 heavy (non-hydrogen) atoms. The van der Waals surface area contributed by atoms with Crippen LogP contribution in [-0.2, 0) is 27.2 Å². The van der Waals surface area contributed by atoms with Crippen LogP contribution in [0.2, 0.25) is 0 Å². The fourth-order valence-corrected chi connectivity index (χ4v) is 3.77. The molecule has 1 aliphatic rings. The van der Waals surface area contributed by atoms with E-state index in [1.165, 1.54) is 11.1 Å². The number of para-hydroxylation sites is 1.